The van der Waals surface area contributed by atoms with E-state index in [0.717, 1.165) is 6.42 Å². The Kier molecular flexibility index (Phi) is 6.99. The van der Waals surface area contributed by atoms with Crippen molar-refractivity contribution in [2.75, 3.05) is 6.54 Å². The van der Waals surface area contributed by atoms with Crippen LogP contribution in [0.5, 0.6) is 0 Å². The molecule has 21 heavy (non-hydrogen) atoms. The zero-order valence-electron chi connectivity index (χ0n) is 12.0. The summed E-state index contributed by atoms with van der Waals surface area (Å²) in [5.41, 5.74) is 0.333. The molecule has 1 aromatic carbocycles. The molecule has 0 aromatic heterocycles. The van der Waals surface area contributed by atoms with Gasteiger partial charge in [0.25, 0.3) is 5.91 Å². The number of benzene rings is 1. The minimum Gasteiger partial charge on any atom is -0.481 e. The molecule has 0 saturated carbocycles. The van der Waals surface area contributed by atoms with Gasteiger partial charge in [-0.25, -0.2) is 0 Å². The molecule has 0 spiro atoms. The molecule has 0 bridgehead atoms. The van der Waals surface area contributed by atoms with Crippen molar-refractivity contribution in [1.82, 2.24) is 5.32 Å². The Bertz CT molecular complexity index is 518. The summed E-state index contributed by atoms with van der Waals surface area (Å²) in [4.78, 5) is 22.9. The van der Waals surface area contributed by atoms with Crippen LogP contribution in [-0.2, 0) is 4.79 Å². The molecule has 0 heterocycles. The first-order valence-electron chi connectivity index (χ1n) is 6.74. The van der Waals surface area contributed by atoms with Gasteiger partial charge in [0.05, 0.1) is 10.6 Å². The van der Waals surface area contributed by atoms with E-state index in [-0.39, 0.29) is 23.3 Å². The number of carbonyl (C=O) groups is 2. The number of carbonyl (C=O) groups excluding carboxylic acids is 1. The molecule has 0 aliphatic heterocycles. The zero-order valence-corrected chi connectivity index (χ0v) is 13.5. The van der Waals surface area contributed by atoms with E-state index in [1.54, 1.807) is 12.1 Å². The summed E-state index contributed by atoms with van der Waals surface area (Å²) < 4.78 is 0. The average Bonchev–Trinajstić information content (AvgIpc) is 2.34. The molecule has 1 aromatic rings. The molecular weight excluding hydrogens is 313 g/mol. The molecule has 0 aliphatic rings. The first-order chi connectivity index (χ1) is 9.79. The highest BCUT2D eigenvalue weighted by atomic mass is 35.5. The van der Waals surface area contributed by atoms with E-state index in [0.29, 0.717) is 23.0 Å². The molecule has 0 fully saturated rings. The highest BCUT2D eigenvalue weighted by molar-refractivity contribution is 6.36. The Morgan fingerprint density at radius 3 is 2.48 bits per heavy atom. The Balaban J connectivity index is 2.65. The van der Waals surface area contributed by atoms with Gasteiger partial charge in [-0.15, -0.1) is 0 Å². The van der Waals surface area contributed by atoms with Crippen molar-refractivity contribution >= 4 is 35.1 Å². The smallest absolute Gasteiger partial charge is 0.303 e. The standard InChI is InChI=1S/C15H19Cl2NO3/c1-9(2)5-10(6-14(19)20)8-18-15(21)12-4-3-11(16)7-13(12)17/h3-4,7,9-10H,5-6,8H2,1-2H3,(H,18,21)(H,19,20). The van der Waals surface area contributed by atoms with Crippen molar-refractivity contribution < 1.29 is 14.7 Å². The molecule has 116 valence electrons. The maximum atomic E-state index is 12.1. The van der Waals surface area contributed by atoms with Crippen molar-refractivity contribution in [1.29, 1.82) is 0 Å². The quantitative estimate of drug-likeness (QED) is 0.797. The van der Waals surface area contributed by atoms with Gasteiger partial charge in [0.2, 0.25) is 0 Å². The van der Waals surface area contributed by atoms with Gasteiger partial charge in [0.1, 0.15) is 0 Å². The number of carboxylic acid groups (broad SMARTS) is 1. The number of hydrogen-bond donors (Lipinski definition) is 2. The number of amides is 1. The fourth-order valence-corrected chi connectivity index (χ4v) is 2.65. The van der Waals surface area contributed by atoms with Crippen LogP contribution < -0.4 is 5.32 Å². The molecule has 1 rings (SSSR count). The Labute approximate surface area is 134 Å². The van der Waals surface area contributed by atoms with E-state index in [1.807, 2.05) is 13.8 Å². The van der Waals surface area contributed by atoms with Crippen LogP contribution in [0.15, 0.2) is 18.2 Å². The number of nitrogens with one attached hydrogen (secondary N) is 1. The van der Waals surface area contributed by atoms with E-state index in [2.05, 4.69) is 5.32 Å². The van der Waals surface area contributed by atoms with Gasteiger partial charge in [-0.2, -0.15) is 0 Å². The van der Waals surface area contributed by atoms with Crippen molar-refractivity contribution in [3.8, 4) is 0 Å². The lowest BCUT2D eigenvalue weighted by molar-refractivity contribution is -0.138. The summed E-state index contributed by atoms with van der Waals surface area (Å²) in [5.74, 6) is -0.918. The van der Waals surface area contributed by atoms with Gasteiger partial charge in [-0.3, -0.25) is 9.59 Å². The summed E-state index contributed by atoms with van der Waals surface area (Å²) in [6, 6.07) is 4.64. The van der Waals surface area contributed by atoms with Crippen LogP contribution >= 0.6 is 23.2 Å². The minimum atomic E-state index is -0.862. The number of halogens is 2. The van der Waals surface area contributed by atoms with Crippen LogP contribution in [-0.4, -0.2) is 23.5 Å². The first kappa shape index (κ1) is 17.8. The second kappa shape index (κ2) is 8.25. The number of rotatable bonds is 7. The lowest BCUT2D eigenvalue weighted by Crippen LogP contribution is -2.31. The van der Waals surface area contributed by atoms with Crippen LogP contribution in [0.1, 0.15) is 37.0 Å². The third-order valence-corrected chi connectivity index (χ3v) is 3.54. The van der Waals surface area contributed by atoms with E-state index in [9.17, 15) is 9.59 Å². The van der Waals surface area contributed by atoms with E-state index < -0.39 is 5.97 Å². The molecular formula is C15H19Cl2NO3. The van der Waals surface area contributed by atoms with Crippen molar-refractivity contribution in [3.05, 3.63) is 33.8 Å². The first-order valence-corrected chi connectivity index (χ1v) is 7.50. The highest BCUT2D eigenvalue weighted by Crippen LogP contribution is 2.21. The van der Waals surface area contributed by atoms with Crippen LogP contribution in [0.3, 0.4) is 0 Å². The van der Waals surface area contributed by atoms with Crippen LogP contribution in [0, 0.1) is 11.8 Å². The second-order valence-electron chi connectivity index (χ2n) is 5.43. The predicted octanol–water partition coefficient (Wildman–Crippen LogP) is 3.86. The summed E-state index contributed by atoms with van der Waals surface area (Å²) in [7, 11) is 0. The van der Waals surface area contributed by atoms with Crippen molar-refractivity contribution in [3.63, 3.8) is 0 Å². The Morgan fingerprint density at radius 2 is 1.95 bits per heavy atom. The maximum absolute atomic E-state index is 12.1. The van der Waals surface area contributed by atoms with E-state index >= 15 is 0 Å². The zero-order chi connectivity index (χ0) is 16.0. The fraction of sp³-hybridized carbons (Fsp3) is 0.467. The van der Waals surface area contributed by atoms with Crippen molar-refractivity contribution in [2.45, 2.75) is 26.7 Å². The van der Waals surface area contributed by atoms with E-state index in [4.69, 9.17) is 28.3 Å². The minimum absolute atomic E-state index is 0.0345. The number of aliphatic carboxylic acids is 1. The highest BCUT2D eigenvalue weighted by Gasteiger charge is 2.17. The summed E-state index contributed by atoms with van der Waals surface area (Å²) >= 11 is 11.8. The SMILES string of the molecule is CC(C)CC(CNC(=O)c1ccc(Cl)cc1Cl)CC(=O)O. The predicted molar refractivity (Wildman–Crippen MR) is 84.0 cm³/mol. The molecule has 1 unspecified atom stereocenters. The van der Waals surface area contributed by atoms with E-state index in [1.165, 1.54) is 6.07 Å². The topological polar surface area (TPSA) is 66.4 Å². The number of carboxylic acids is 1. The summed E-state index contributed by atoms with van der Waals surface area (Å²) in [6.45, 7) is 4.35. The van der Waals surface area contributed by atoms with Crippen molar-refractivity contribution in [2.24, 2.45) is 11.8 Å². The van der Waals surface area contributed by atoms with Gasteiger partial charge in [0.15, 0.2) is 0 Å². The summed E-state index contributed by atoms with van der Waals surface area (Å²) in [6.07, 6.45) is 0.772. The molecule has 0 saturated heterocycles. The van der Waals surface area contributed by atoms with Gasteiger partial charge >= 0.3 is 5.97 Å². The molecule has 1 amide bonds. The van der Waals surface area contributed by atoms with Gasteiger partial charge in [-0.05, 0) is 36.5 Å². The fourth-order valence-electron chi connectivity index (χ4n) is 2.16. The lowest BCUT2D eigenvalue weighted by atomic mass is 9.94. The molecule has 4 nitrogen and oxygen atoms in total. The summed E-state index contributed by atoms with van der Waals surface area (Å²) in [5, 5.41) is 12.4. The van der Waals surface area contributed by atoms with Gasteiger partial charge in [0, 0.05) is 18.0 Å². The molecule has 6 heteroatoms. The lowest BCUT2D eigenvalue weighted by Gasteiger charge is -2.18. The third-order valence-electron chi connectivity index (χ3n) is 3.00. The maximum Gasteiger partial charge on any atom is 0.303 e. The Morgan fingerprint density at radius 1 is 1.29 bits per heavy atom. The second-order valence-corrected chi connectivity index (χ2v) is 6.27. The molecule has 0 radical (unpaired) electrons. The Hall–Kier alpha value is -1.26. The van der Waals surface area contributed by atoms with Crippen LogP contribution in [0.4, 0.5) is 0 Å². The largest absolute Gasteiger partial charge is 0.481 e. The molecule has 0 aliphatic carbocycles. The normalized spacial score (nSPS) is 12.2. The van der Waals surface area contributed by atoms with Gasteiger partial charge < -0.3 is 10.4 Å². The third kappa shape index (κ3) is 6.36. The molecule has 1 atom stereocenters. The monoisotopic (exact) mass is 331 g/mol. The van der Waals surface area contributed by atoms with Gasteiger partial charge in [-0.1, -0.05) is 37.0 Å². The number of hydrogen-bond acceptors (Lipinski definition) is 2. The van der Waals surface area contributed by atoms with Crippen LogP contribution in [0.25, 0.3) is 0 Å². The van der Waals surface area contributed by atoms with Crippen LogP contribution in [0.2, 0.25) is 10.0 Å². The molecule has 2 N–H and O–H groups in total. The average molecular weight is 332 g/mol.